The Labute approximate surface area is 202 Å². The van der Waals surface area contributed by atoms with E-state index in [1.54, 1.807) is 23.6 Å². The summed E-state index contributed by atoms with van der Waals surface area (Å²) in [7, 11) is 0. The lowest BCUT2D eigenvalue weighted by atomic mass is 9.80. The summed E-state index contributed by atoms with van der Waals surface area (Å²) >= 11 is 1.61. The Morgan fingerprint density at radius 2 is 1.41 bits per heavy atom. The van der Waals surface area contributed by atoms with Gasteiger partial charge in [0.05, 0.1) is 17.8 Å². The van der Waals surface area contributed by atoms with Gasteiger partial charge in [-0.25, -0.2) is 0 Å². The Bertz CT molecular complexity index is 1360. The van der Waals surface area contributed by atoms with Crippen LogP contribution in [0.3, 0.4) is 0 Å². The van der Waals surface area contributed by atoms with Gasteiger partial charge in [0.2, 0.25) is 0 Å². The van der Waals surface area contributed by atoms with Crippen LogP contribution in [0.1, 0.15) is 42.7 Å². The maximum absolute atomic E-state index is 14.1. The van der Waals surface area contributed by atoms with Crippen molar-refractivity contribution in [2.75, 3.05) is 0 Å². The van der Waals surface area contributed by atoms with Crippen molar-refractivity contribution in [1.82, 2.24) is 0 Å². The monoisotopic (exact) mass is 462 g/mol. The summed E-state index contributed by atoms with van der Waals surface area (Å²) in [6.45, 7) is 2.03. The molecule has 4 aromatic rings. The number of aryl methyl sites for hydroxylation is 1. The number of hydrogen-bond donors (Lipinski definition) is 0. The molecule has 1 atom stereocenters. The summed E-state index contributed by atoms with van der Waals surface area (Å²) in [6.07, 6.45) is 1.67. The lowest BCUT2D eigenvalue weighted by molar-refractivity contribution is -0.120. The van der Waals surface area contributed by atoms with E-state index in [4.69, 9.17) is 0 Å². The van der Waals surface area contributed by atoms with Gasteiger partial charge in [0, 0.05) is 20.9 Å². The molecule has 0 radical (unpaired) electrons. The third-order valence-corrected chi connectivity index (χ3v) is 6.89. The van der Waals surface area contributed by atoms with Crippen molar-refractivity contribution in [1.29, 1.82) is 0 Å². The molecule has 3 aromatic carbocycles. The van der Waals surface area contributed by atoms with E-state index in [9.17, 15) is 9.59 Å². The average molecular weight is 463 g/mol. The Hall–Kier alpha value is -3.96. The number of ketones is 2. The van der Waals surface area contributed by atoms with Crippen LogP contribution in [-0.4, -0.2) is 23.5 Å². The molecule has 0 amide bonds. The van der Waals surface area contributed by atoms with Crippen molar-refractivity contribution >= 4 is 34.8 Å². The molecule has 0 saturated carbocycles. The van der Waals surface area contributed by atoms with Gasteiger partial charge in [-0.15, -0.1) is 11.3 Å². The molecule has 1 aromatic heterocycles. The van der Waals surface area contributed by atoms with E-state index >= 15 is 0 Å². The fourth-order valence-electron chi connectivity index (χ4n) is 4.38. The first-order chi connectivity index (χ1) is 16.6. The van der Waals surface area contributed by atoms with Crippen LogP contribution >= 0.6 is 11.3 Å². The molecular formula is C29H22N2O2S. The van der Waals surface area contributed by atoms with Crippen molar-refractivity contribution < 1.29 is 9.59 Å². The number of rotatable bonds is 6. The van der Waals surface area contributed by atoms with Gasteiger partial charge in [0.15, 0.2) is 11.6 Å². The van der Waals surface area contributed by atoms with Gasteiger partial charge in [-0.1, -0.05) is 84.9 Å². The highest BCUT2D eigenvalue weighted by molar-refractivity contribution is 7.13. The zero-order valence-corrected chi connectivity index (χ0v) is 19.4. The maximum atomic E-state index is 14.1. The van der Waals surface area contributed by atoms with Gasteiger partial charge in [0.1, 0.15) is 5.92 Å². The quantitative estimate of drug-likeness (QED) is 0.198. The van der Waals surface area contributed by atoms with Crippen molar-refractivity contribution in [3.05, 3.63) is 129 Å². The molecule has 1 heterocycles. The molecule has 0 N–H and O–H groups in total. The van der Waals surface area contributed by atoms with Crippen molar-refractivity contribution in [2.45, 2.75) is 12.8 Å². The minimum Gasteiger partial charge on any atom is -0.297 e. The molecule has 0 fully saturated rings. The molecule has 0 aliphatic heterocycles. The Balaban J connectivity index is 1.59. The predicted octanol–water partition coefficient (Wildman–Crippen LogP) is 6.09. The molecule has 1 aliphatic carbocycles. The Morgan fingerprint density at radius 1 is 0.824 bits per heavy atom. The molecule has 0 unspecified atom stereocenters. The number of fused-ring (bicyclic) bond motifs is 1. The fourth-order valence-corrected chi connectivity index (χ4v) is 5.13. The van der Waals surface area contributed by atoms with Crippen molar-refractivity contribution in [2.24, 2.45) is 16.1 Å². The second-order valence-electron chi connectivity index (χ2n) is 8.18. The van der Waals surface area contributed by atoms with Crippen LogP contribution in [0.15, 0.2) is 107 Å². The predicted molar refractivity (Wildman–Crippen MR) is 137 cm³/mol. The second kappa shape index (κ2) is 9.49. The molecule has 34 heavy (non-hydrogen) atoms. The van der Waals surface area contributed by atoms with E-state index in [1.165, 1.54) is 4.88 Å². The topological polar surface area (TPSA) is 58.9 Å². The summed E-state index contributed by atoms with van der Waals surface area (Å²) in [5.74, 6) is -2.01. The van der Waals surface area contributed by atoms with Crippen LogP contribution in [0.2, 0.25) is 0 Å². The number of benzene rings is 3. The molecule has 5 heteroatoms. The Morgan fingerprint density at radius 3 is 2.00 bits per heavy atom. The van der Waals surface area contributed by atoms with E-state index in [1.807, 2.05) is 97.9 Å². The van der Waals surface area contributed by atoms with Gasteiger partial charge in [-0.2, -0.15) is 10.2 Å². The number of carbonyl (C=O) groups excluding carboxylic acids is 2. The average Bonchev–Trinajstić information content (AvgIpc) is 3.41. The zero-order chi connectivity index (χ0) is 23.5. The van der Waals surface area contributed by atoms with Crippen LogP contribution in [0.4, 0.5) is 0 Å². The molecule has 1 aliphatic rings. The summed E-state index contributed by atoms with van der Waals surface area (Å²) < 4.78 is 0. The van der Waals surface area contributed by atoms with Crippen LogP contribution in [0, 0.1) is 12.8 Å². The molecule has 5 rings (SSSR count). The first-order valence-corrected chi connectivity index (χ1v) is 11.9. The minimum atomic E-state index is -1.01. The van der Waals surface area contributed by atoms with E-state index in [2.05, 4.69) is 10.2 Å². The molecular weight excluding hydrogens is 440 g/mol. The van der Waals surface area contributed by atoms with Gasteiger partial charge >= 0.3 is 0 Å². The highest BCUT2D eigenvalue weighted by Crippen LogP contribution is 2.35. The summed E-state index contributed by atoms with van der Waals surface area (Å²) in [6, 6.07) is 30.4. The van der Waals surface area contributed by atoms with E-state index < -0.39 is 11.8 Å². The van der Waals surface area contributed by atoms with Crippen LogP contribution in [-0.2, 0) is 4.79 Å². The van der Waals surface area contributed by atoms with E-state index in [-0.39, 0.29) is 11.6 Å². The SMILES string of the molecule is Cc1ccc(/C=N\N=C2/c3ccccc3C(=O)[C@@H]2C(=O)C(c2ccccc2)c2ccccc2)s1. The van der Waals surface area contributed by atoms with Gasteiger partial charge in [0.25, 0.3) is 0 Å². The highest BCUT2D eigenvalue weighted by Gasteiger charge is 2.44. The molecule has 0 spiro atoms. The summed E-state index contributed by atoms with van der Waals surface area (Å²) in [4.78, 5) is 29.8. The second-order valence-corrected chi connectivity index (χ2v) is 9.50. The molecule has 4 nitrogen and oxygen atoms in total. The lowest BCUT2D eigenvalue weighted by Crippen LogP contribution is -2.31. The lowest BCUT2D eigenvalue weighted by Gasteiger charge is -2.20. The van der Waals surface area contributed by atoms with Crippen LogP contribution < -0.4 is 0 Å². The number of Topliss-reactive ketones (excluding diaryl/α,β-unsaturated/α-hetero) is 2. The van der Waals surface area contributed by atoms with Gasteiger partial charge < -0.3 is 0 Å². The summed E-state index contributed by atoms with van der Waals surface area (Å²) in [5.41, 5.74) is 3.29. The summed E-state index contributed by atoms with van der Waals surface area (Å²) in [5, 5.41) is 8.72. The van der Waals surface area contributed by atoms with Crippen molar-refractivity contribution in [3.63, 3.8) is 0 Å². The molecule has 0 bridgehead atoms. The minimum absolute atomic E-state index is 0.195. The standard InChI is InChI=1S/C29H22N2O2S/c1-19-16-17-22(34-19)18-30-31-27-23-14-8-9-15-24(23)28(32)26(27)29(33)25(20-10-4-2-5-11-20)21-12-6-3-7-13-21/h2-18,25-26H,1H3/b30-18-,31-27+/t26-/m1/s1. The normalized spacial score (nSPS) is 16.5. The number of carbonyl (C=O) groups is 2. The van der Waals surface area contributed by atoms with Gasteiger partial charge in [-0.05, 0) is 30.2 Å². The number of hydrogen-bond acceptors (Lipinski definition) is 5. The Kier molecular flexibility index (Phi) is 6.11. The van der Waals surface area contributed by atoms with Crippen LogP contribution in [0.25, 0.3) is 0 Å². The van der Waals surface area contributed by atoms with Crippen LogP contribution in [0.5, 0.6) is 0 Å². The van der Waals surface area contributed by atoms with E-state index in [0.29, 0.717) is 16.8 Å². The first-order valence-electron chi connectivity index (χ1n) is 11.1. The fraction of sp³-hybridized carbons (Fsp3) is 0.103. The third kappa shape index (κ3) is 4.18. The highest BCUT2D eigenvalue weighted by atomic mass is 32.1. The number of thiophene rings is 1. The van der Waals surface area contributed by atoms with Gasteiger partial charge in [-0.3, -0.25) is 9.59 Å². The molecule has 166 valence electrons. The first kappa shape index (κ1) is 21.9. The smallest absolute Gasteiger partial charge is 0.180 e. The van der Waals surface area contributed by atoms with E-state index in [0.717, 1.165) is 16.0 Å². The molecule has 0 saturated heterocycles. The third-order valence-electron chi connectivity index (χ3n) is 5.95. The zero-order valence-electron chi connectivity index (χ0n) is 18.6. The maximum Gasteiger partial charge on any atom is 0.180 e. The van der Waals surface area contributed by atoms with Crippen molar-refractivity contribution in [3.8, 4) is 0 Å². The number of nitrogens with zero attached hydrogens (tertiary/aromatic N) is 2. The largest absolute Gasteiger partial charge is 0.297 e.